The van der Waals surface area contributed by atoms with E-state index < -0.39 is 5.82 Å². The van der Waals surface area contributed by atoms with E-state index in [-0.39, 0.29) is 22.8 Å². The third-order valence-corrected chi connectivity index (χ3v) is 4.45. The van der Waals surface area contributed by atoms with Crippen molar-refractivity contribution in [1.82, 2.24) is 9.97 Å². The van der Waals surface area contributed by atoms with Crippen molar-refractivity contribution in [2.24, 2.45) is 0 Å². The standard InChI is InChI=1S/C18H12BrFN2O3/c1-24-14-8-10(19)6-9-7-12-17(23)21-16(22-18(12)25-15(9)14)11-4-2-3-5-13(11)20/h2-6,8H,7H2,1H3,(H,21,22,23). The Bertz CT molecular complexity index is 1050. The second-order valence-electron chi connectivity index (χ2n) is 5.55. The molecule has 5 nitrogen and oxygen atoms in total. The van der Waals surface area contributed by atoms with Crippen molar-refractivity contribution in [2.75, 3.05) is 7.11 Å². The van der Waals surface area contributed by atoms with Crippen LogP contribution < -0.4 is 15.0 Å². The van der Waals surface area contributed by atoms with Crippen molar-refractivity contribution in [2.45, 2.75) is 6.42 Å². The minimum Gasteiger partial charge on any atom is -0.493 e. The highest BCUT2D eigenvalue weighted by molar-refractivity contribution is 9.10. The first-order valence-electron chi connectivity index (χ1n) is 7.49. The lowest BCUT2D eigenvalue weighted by Crippen LogP contribution is -2.20. The molecule has 0 spiro atoms. The number of methoxy groups -OCH3 is 1. The number of hydrogen-bond donors (Lipinski definition) is 1. The lowest BCUT2D eigenvalue weighted by molar-refractivity contribution is 0.364. The first-order valence-corrected chi connectivity index (χ1v) is 8.28. The summed E-state index contributed by atoms with van der Waals surface area (Å²) in [5.41, 5.74) is 1.06. The number of nitrogens with one attached hydrogen (secondary N) is 1. The van der Waals surface area contributed by atoms with Gasteiger partial charge in [-0.25, -0.2) is 4.39 Å². The van der Waals surface area contributed by atoms with Crippen LogP contribution in [0.15, 0.2) is 45.7 Å². The molecule has 2 heterocycles. The molecule has 1 aliphatic heterocycles. The smallest absolute Gasteiger partial charge is 0.258 e. The molecule has 126 valence electrons. The number of halogens is 2. The zero-order valence-corrected chi connectivity index (χ0v) is 14.7. The average molecular weight is 403 g/mol. The molecule has 0 aliphatic carbocycles. The predicted molar refractivity (Wildman–Crippen MR) is 93.8 cm³/mol. The summed E-state index contributed by atoms with van der Waals surface area (Å²) in [6, 6.07) is 9.75. The number of fused-ring (bicyclic) bond motifs is 2. The number of H-pyrrole nitrogens is 1. The SMILES string of the molecule is COc1cc(Br)cc2c1Oc1nc(-c3ccccc3F)[nH]c(=O)c1C2. The summed E-state index contributed by atoms with van der Waals surface area (Å²) in [7, 11) is 1.54. The van der Waals surface area contributed by atoms with E-state index in [1.165, 1.54) is 13.2 Å². The van der Waals surface area contributed by atoms with Gasteiger partial charge in [-0.3, -0.25) is 4.79 Å². The molecule has 0 saturated carbocycles. The highest BCUT2D eigenvalue weighted by Crippen LogP contribution is 2.42. The first kappa shape index (κ1) is 15.8. The molecule has 7 heteroatoms. The number of ether oxygens (including phenoxy) is 2. The molecule has 0 radical (unpaired) electrons. The van der Waals surface area contributed by atoms with Crippen molar-refractivity contribution >= 4 is 15.9 Å². The van der Waals surface area contributed by atoms with E-state index in [4.69, 9.17) is 9.47 Å². The summed E-state index contributed by atoms with van der Waals surface area (Å²) in [4.78, 5) is 19.4. The lowest BCUT2D eigenvalue weighted by Gasteiger charge is -2.21. The van der Waals surface area contributed by atoms with Crippen molar-refractivity contribution in [1.29, 1.82) is 0 Å². The second kappa shape index (κ2) is 6.00. The lowest BCUT2D eigenvalue weighted by atomic mass is 10.0. The summed E-state index contributed by atoms with van der Waals surface area (Å²) in [6.45, 7) is 0. The maximum absolute atomic E-state index is 14.0. The number of rotatable bonds is 2. The van der Waals surface area contributed by atoms with Crippen LogP contribution in [-0.4, -0.2) is 17.1 Å². The van der Waals surface area contributed by atoms with Crippen LogP contribution in [-0.2, 0) is 6.42 Å². The Labute approximate surface area is 150 Å². The van der Waals surface area contributed by atoms with E-state index in [1.54, 1.807) is 24.3 Å². The Balaban J connectivity index is 1.86. The quantitative estimate of drug-likeness (QED) is 0.549. The topological polar surface area (TPSA) is 64.2 Å². The van der Waals surface area contributed by atoms with Gasteiger partial charge in [-0.2, -0.15) is 4.98 Å². The van der Waals surface area contributed by atoms with Crippen LogP contribution in [0.1, 0.15) is 11.1 Å². The molecule has 1 aliphatic rings. The third-order valence-electron chi connectivity index (χ3n) is 3.99. The maximum Gasteiger partial charge on any atom is 0.258 e. The zero-order valence-electron chi connectivity index (χ0n) is 13.1. The molecule has 2 aromatic carbocycles. The van der Waals surface area contributed by atoms with E-state index in [0.29, 0.717) is 23.5 Å². The molecule has 1 N–H and O–H groups in total. The third kappa shape index (κ3) is 2.70. The van der Waals surface area contributed by atoms with Gasteiger partial charge in [-0.15, -0.1) is 0 Å². The van der Waals surface area contributed by atoms with E-state index in [1.807, 2.05) is 6.07 Å². The molecule has 0 fully saturated rings. The molecule has 25 heavy (non-hydrogen) atoms. The average Bonchev–Trinajstić information content (AvgIpc) is 2.60. The maximum atomic E-state index is 14.0. The van der Waals surface area contributed by atoms with Crippen LogP contribution in [0.5, 0.6) is 17.4 Å². The van der Waals surface area contributed by atoms with Crippen LogP contribution >= 0.6 is 15.9 Å². The number of hydrogen-bond acceptors (Lipinski definition) is 4. The molecule has 3 aromatic rings. The van der Waals surface area contributed by atoms with Gasteiger partial charge >= 0.3 is 0 Å². The number of nitrogens with zero attached hydrogens (tertiary/aromatic N) is 1. The monoisotopic (exact) mass is 402 g/mol. The number of aromatic amines is 1. The molecular weight excluding hydrogens is 391 g/mol. The van der Waals surface area contributed by atoms with Crippen molar-refractivity contribution in [3.63, 3.8) is 0 Å². The summed E-state index contributed by atoms with van der Waals surface area (Å²) in [6.07, 6.45) is 0.348. The molecular formula is C18H12BrFN2O3. The van der Waals surface area contributed by atoms with Crippen LogP contribution in [0.4, 0.5) is 4.39 Å². The molecule has 0 unspecified atom stereocenters. The molecule has 1 aromatic heterocycles. The number of aromatic nitrogens is 2. The Morgan fingerprint density at radius 2 is 2.12 bits per heavy atom. The molecule has 0 bridgehead atoms. The second-order valence-corrected chi connectivity index (χ2v) is 6.47. The minimum absolute atomic E-state index is 0.126. The van der Waals surface area contributed by atoms with E-state index in [2.05, 4.69) is 25.9 Å². The van der Waals surface area contributed by atoms with Crippen molar-refractivity contribution in [3.05, 3.63) is 68.2 Å². The molecule has 0 amide bonds. The Hall–Kier alpha value is -2.67. The summed E-state index contributed by atoms with van der Waals surface area (Å²) >= 11 is 3.41. The van der Waals surface area contributed by atoms with Gasteiger partial charge in [0, 0.05) is 16.5 Å². The van der Waals surface area contributed by atoms with E-state index >= 15 is 0 Å². The zero-order chi connectivity index (χ0) is 17.6. The summed E-state index contributed by atoms with van der Waals surface area (Å²) in [5.74, 6) is 0.861. The predicted octanol–water partition coefficient (Wildman–Crippen LogP) is 4.04. The van der Waals surface area contributed by atoms with Gasteiger partial charge < -0.3 is 14.5 Å². The van der Waals surface area contributed by atoms with Crippen LogP contribution in [0.2, 0.25) is 0 Å². The van der Waals surface area contributed by atoms with Gasteiger partial charge in [-0.05, 0) is 24.3 Å². The van der Waals surface area contributed by atoms with Gasteiger partial charge in [0.25, 0.3) is 5.56 Å². The minimum atomic E-state index is -0.469. The first-order chi connectivity index (χ1) is 12.1. The fourth-order valence-corrected chi connectivity index (χ4v) is 3.29. The van der Waals surface area contributed by atoms with Gasteiger partial charge in [0.15, 0.2) is 11.5 Å². The van der Waals surface area contributed by atoms with Gasteiger partial charge in [0.2, 0.25) is 5.88 Å². The highest BCUT2D eigenvalue weighted by atomic mass is 79.9. The normalized spacial score (nSPS) is 12.1. The fourth-order valence-electron chi connectivity index (χ4n) is 2.81. The highest BCUT2D eigenvalue weighted by Gasteiger charge is 2.26. The largest absolute Gasteiger partial charge is 0.493 e. The Morgan fingerprint density at radius 1 is 1.32 bits per heavy atom. The Morgan fingerprint density at radius 3 is 2.88 bits per heavy atom. The molecule has 0 saturated heterocycles. The summed E-state index contributed by atoms with van der Waals surface area (Å²) < 4.78 is 26.0. The van der Waals surface area contributed by atoms with Crippen molar-refractivity contribution in [3.8, 4) is 28.8 Å². The van der Waals surface area contributed by atoms with Crippen LogP contribution in [0.25, 0.3) is 11.4 Å². The van der Waals surface area contributed by atoms with Gasteiger partial charge in [0.05, 0.1) is 18.2 Å². The van der Waals surface area contributed by atoms with Crippen molar-refractivity contribution < 1.29 is 13.9 Å². The van der Waals surface area contributed by atoms with E-state index in [0.717, 1.165) is 10.0 Å². The molecule has 0 atom stereocenters. The van der Waals surface area contributed by atoms with Crippen LogP contribution in [0.3, 0.4) is 0 Å². The van der Waals surface area contributed by atoms with Crippen LogP contribution in [0, 0.1) is 5.82 Å². The van der Waals surface area contributed by atoms with Gasteiger partial charge in [0.1, 0.15) is 11.6 Å². The van der Waals surface area contributed by atoms with Gasteiger partial charge in [-0.1, -0.05) is 28.1 Å². The Kier molecular flexibility index (Phi) is 3.80. The molecule has 4 rings (SSSR count). The summed E-state index contributed by atoms with van der Waals surface area (Å²) in [5, 5.41) is 0. The number of benzene rings is 2. The van der Waals surface area contributed by atoms with E-state index in [9.17, 15) is 9.18 Å². The fraction of sp³-hybridized carbons (Fsp3) is 0.111.